The molecule has 0 aromatic heterocycles. The zero-order valence-electron chi connectivity index (χ0n) is 6.60. The lowest BCUT2D eigenvalue weighted by atomic mass is 10.2. The Labute approximate surface area is 76.2 Å². The zero-order valence-corrected chi connectivity index (χ0v) is 7.41. The topological polar surface area (TPSA) is 81.0 Å². The highest BCUT2D eigenvalue weighted by Crippen LogP contribution is 2.07. The number of nitrogens with zero attached hydrogens (tertiary/aromatic N) is 1. The van der Waals surface area contributed by atoms with E-state index >= 15 is 0 Å². The van der Waals surface area contributed by atoms with E-state index in [-0.39, 0.29) is 0 Å². The van der Waals surface area contributed by atoms with Gasteiger partial charge in [0.1, 0.15) is 0 Å². The van der Waals surface area contributed by atoms with Crippen molar-refractivity contribution in [1.29, 1.82) is 5.26 Å². The Morgan fingerprint density at radius 3 is 2.69 bits per heavy atom. The molecule has 0 saturated carbocycles. The van der Waals surface area contributed by atoms with Crippen LogP contribution in [0.4, 0.5) is 0 Å². The zero-order chi connectivity index (χ0) is 9.90. The van der Waals surface area contributed by atoms with Crippen LogP contribution in [0.2, 0.25) is 0 Å². The van der Waals surface area contributed by atoms with E-state index in [0.29, 0.717) is 11.1 Å². The summed E-state index contributed by atoms with van der Waals surface area (Å²) in [5.74, 6) is -0.567. The van der Waals surface area contributed by atoms with E-state index in [2.05, 4.69) is 0 Å². The summed E-state index contributed by atoms with van der Waals surface area (Å²) in [7, 11) is -4.26. The number of hydrogen-bond acceptors (Lipinski definition) is 4. The third kappa shape index (κ3) is 3.23. The molecule has 0 aliphatic carbocycles. The molecule has 0 aliphatic rings. The summed E-state index contributed by atoms with van der Waals surface area (Å²) in [5, 5.41) is 8.48. The quantitative estimate of drug-likeness (QED) is 0.649. The fourth-order valence-electron chi connectivity index (χ4n) is 0.935. The molecule has 0 heterocycles. The van der Waals surface area contributed by atoms with Gasteiger partial charge in [0.25, 0.3) is 0 Å². The molecule has 0 radical (unpaired) electrons. The number of rotatable bonds is 2. The Hall–Kier alpha value is -1.38. The van der Waals surface area contributed by atoms with Gasteiger partial charge in [-0.1, -0.05) is 12.1 Å². The second kappa shape index (κ2) is 3.56. The maximum Gasteiger partial charge on any atom is 0.0991 e. The molecule has 5 heteroatoms. The minimum Gasteiger partial charge on any atom is -0.748 e. The van der Waals surface area contributed by atoms with Crippen molar-refractivity contribution in [2.45, 2.75) is 5.75 Å². The smallest absolute Gasteiger partial charge is 0.0991 e. The first kappa shape index (κ1) is 9.71. The second-order valence-electron chi connectivity index (χ2n) is 2.51. The van der Waals surface area contributed by atoms with Crippen molar-refractivity contribution in [2.75, 3.05) is 0 Å². The highest BCUT2D eigenvalue weighted by Gasteiger charge is 1.99. The van der Waals surface area contributed by atoms with Crippen molar-refractivity contribution in [3.8, 4) is 6.07 Å². The fourth-order valence-corrected chi connectivity index (χ4v) is 1.52. The maximum atomic E-state index is 10.4. The van der Waals surface area contributed by atoms with Gasteiger partial charge in [0.15, 0.2) is 0 Å². The van der Waals surface area contributed by atoms with Crippen LogP contribution < -0.4 is 0 Å². The van der Waals surface area contributed by atoms with E-state index in [1.807, 2.05) is 6.07 Å². The standard InChI is InChI=1S/C8H7NO3S/c9-5-7-2-1-3-8(4-7)6-13(10,11)12/h1-4H,6H2,(H,10,11,12)/p-1. The first-order chi connectivity index (χ1) is 6.01. The average molecular weight is 196 g/mol. The first-order valence-corrected chi connectivity index (χ1v) is 5.01. The van der Waals surface area contributed by atoms with Gasteiger partial charge in [0.2, 0.25) is 0 Å². The Balaban J connectivity index is 2.99. The summed E-state index contributed by atoms with van der Waals surface area (Å²) in [6.45, 7) is 0. The van der Waals surface area contributed by atoms with E-state index < -0.39 is 15.9 Å². The molecule has 4 nitrogen and oxygen atoms in total. The fraction of sp³-hybridized carbons (Fsp3) is 0.125. The van der Waals surface area contributed by atoms with Crippen LogP contribution in [0.5, 0.6) is 0 Å². The molecule has 0 atom stereocenters. The normalized spacial score (nSPS) is 10.8. The van der Waals surface area contributed by atoms with Crippen molar-refractivity contribution < 1.29 is 13.0 Å². The Morgan fingerprint density at radius 2 is 2.15 bits per heavy atom. The Bertz CT molecular complexity index is 445. The van der Waals surface area contributed by atoms with Gasteiger partial charge in [-0.15, -0.1) is 0 Å². The van der Waals surface area contributed by atoms with Crippen LogP contribution in [-0.2, 0) is 15.9 Å². The third-order valence-corrected chi connectivity index (χ3v) is 2.09. The monoisotopic (exact) mass is 196 g/mol. The van der Waals surface area contributed by atoms with Gasteiger partial charge in [-0.2, -0.15) is 5.26 Å². The Kier molecular flexibility index (Phi) is 2.66. The van der Waals surface area contributed by atoms with Crippen LogP contribution in [0, 0.1) is 11.3 Å². The molecule has 0 aliphatic heterocycles. The van der Waals surface area contributed by atoms with Gasteiger partial charge in [-0.3, -0.25) is 0 Å². The van der Waals surface area contributed by atoms with Gasteiger partial charge in [-0.25, -0.2) is 8.42 Å². The van der Waals surface area contributed by atoms with E-state index in [1.54, 1.807) is 12.1 Å². The summed E-state index contributed by atoms with van der Waals surface area (Å²) >= 11 is 0. The molecule has 13 heavy (non-hydrogen) atoms. The predicted molar refractivity (Wildman–Crippen MR) is 44.6 cm³/mol. The van der Waals surface area contributed by atoms with Crippen LogP contribution in [0.3, 0.4) is 0 Å². The average Bonchev–Trinajstić information content (AvgIpc) is 2.01. The molecule has 1 aromatic carbocycles. The highest BCUT2D eigenvalue weighted by atomic mass is 32.2. The van der Waals surface area contributed by atoms with Crippen molar-refractivity contribution in [1.82, 2.24) is 0 Å². The molecule has 0 N–H and O–H groups in total. The minimum absolute atomic E-state index is 0.342. The van der Waals surface area contributed by atoms with Crippen molar-refractivity contribution in [2.24, 2.45) is 0 Å². The predicted octanol–water partition coefficient (Wildman–Crippen LogP) is 0.603. The Morgan fingerprint density at radius 1 is 1.46 bits per heavy atom. The summed E-state index contributed by atoms with van der Waals surface area (Å²) in [5.41, 5.74) is 0.690. The molecule has 1 aromatic rings. The summed E-state index contributed by atoms with van der Waals surface area (Å²) < 4.78 is 31.1. The molecule has 1 rings (SSSR count). The van der Waals surface area contributed by atoms with E-state index in [0.717, 1.165) is 0 Å². The van der Waals surface area contributed by atoms with E-state index in [4.69, 9.17) is 5.26 Å². The largest absolute Gasteiger partial charge is 0.748 e. The molecule has 0 unspecified atom stereocenters. The number of nitriles is 1. The van der Waals surface area contributed by atoms with Crippen LogP contribution in [0.1, 0.15) is 11.1 Å². The molecule has 0 saturated heterocycles. The molecular formula is C8H6NO3S-. The van der Waals surface area contributed by atoms with E-state index in [9.17, 15) is 13.0 Å². The summed E-state index contributed by atoms with van der Waals surface area (Å²) in [6.07, 6.45) is 0. The van der Waals surface area contributed by atoms with Gasteiger partial charge >= 0.3 is 0 Å². The SMILES string of the molecule is N#Cc1cccc(CS(=O)(=O)[O-])c1. The number of benzene rings is 1. The molecule has 68 valence electrons. The van der Waals surface area contributed by atoms with Gasteiger partial charge < -0.3 is 4.55 Å². The lowest BCUT2D eigenvalue weighted by molar-refractivity contribution is 0.462. The lowest BCUT2D eigenvalue weighted by Gasteiger charge is -2.05. The molecule has 0 spiro atoms. The van der Waals surface area contributed by atoms with Gasteiger partial charge in [0.05, 0.1) is 27.5 Å². The van der Waals surface area contributed by atoms with E-state index in [1.165, 1.54) is 12.1 Å². The summed E-state index contributed by atoms with van der Waals surface area (Å²) in [6, 6.07) is 7.82. The molecular weight excluding hydrogens is 190 g/mol. The van der Waals surface area contributed by atoms with Crippen molar-refractivity contribution in [3.05, 3.63) is 35.4 Å². The van der Waals surface area contributed by atoms with Crippen molar-refractivity contribution >= 4 is 10.1 Å². The van der Waals surface area contributed by atoms with Gasteiger partial charge in [0, 0.05) is 0 Å². The number of hydrogen-bond donors (Lipinski definition) is 0. The molecule has 0 bridgehead atoms. The van der Waals surface area contributed by atoms with Gasteiger partial charge in [-0.05, 0) is 17.7 Å². The molecule has 0 amide bonds. The van der Waals surface area contributed by atoms with Crippen LogP contribution in [0.25, 0.3) is 0 Å². The minimum atomic E-state index is -4.26. The maximum absolute atomic E-state index is 10.4. The van der Waals surface area contributed by atoms with Crippen molar-refractivity contribution in [3.63, 3.8) is 0 Å². The molecule has 0 fully saturated rings. The van der Waals surface area contributed by atoms with Crippen LogP contribution in [-0.4, -0.2) is 13.0 Å². The first-order valence-electron chi connectivity index (χ1n) is 3.44. The summed E-state index contributed by atoms with van der Waals surface area (Å²) in [4.78, 5) is 0. The third-order valence-electron chi connectivity index (χ3n) is 1.40. The lowest BCUT2D eigenvalue weighted by Crippen LogP contribution is -2.01. The highest BCUT2D eigenvalue weighted by molar-refractivity contribution is 7.84. The second-order valence-corrected chi connectivity index (χ2v) is 3.92. The van der Waals surface area contributed by atoms with Crippen LogP contribution >= 0.6 is 0 Å². The van der Waals surface area contributed by atoms with Crippen LogP contribution in [0.15, 0.2) is 24.3 Å².